The maximum atomic E-state index is 12.8. The van der Waals surface area contributed by atoms with Gasteiger partial charge in [0.15, 0.2) is 5.82 Å². The van der Waals surface area contributed by atoms with Crippen molar-refractivity contribution >= 4 is 22.8 Å². The number of piperidine rings is 1. The molecule has 1 fully saturated rings. The van der Waals surface area contributed by atoms with E-state index in [1.807, 2.05) is 47.4 Å². The van der Waals surface area contributed by atoms with Crippen LogP contribution in [0, 0.1) is 5.92 Å². The van der Waals surface area contributed by atoms with E-state index in [1.54, 1.807) is 25.8 Å². The lowest BCUT2D eigenvalue weighted by Crippen LogP contribution is -2.43. The van der Waals surface area contributed by atoms with Crippen molar-refractivity contribution in [3.8, 4) is 11.5 Å². The fourth-order valence-electron chi connectivity index (χ4n) is 4.17. The van der Waals surface area contributed by atoms with Crippen LogP contribution in [0.5, 0.6) is 11.5 Å². The minimum atomic E-state index is -0.114. The fraction of sp³-hybridized carbons (Fsp3) is 0.375. The zero-order valence-corrected chi connectivity index (χ0v) is 18.6. The van der Waals surface area contributed by atoms with Gasteiger partial charge >= 0.3 is 0 Å². The maximum Gasteiger partial charge on any atom is 0.293 e. The molecular formula is C24H28N4O4. The number of aryl methyl sites for hydroxylation is 1. The van der Waals surface area contributed by atoms with Gasteiger partial charge in [-0.3, -0.25) is 9.59 Å². The number of para-hydroxylation sites is 2. The molecule has 1 amide bonds. The zero-order valence-electron chi connectivity index (χ0n) is 18.6. The van der Waals surface area contributed by atoms with E-state index in [1.165, 1.54) is 0 Å². The summed E-state index contributed by atoms with van der Waals surface area (Å²) in [6, 6.07) is 13.1. The first kappa shape index (κ1) is 21.7. The molecule has 168 valence electrons. The third kappa shape index (κ3) is 4.26. The number of fused-ring (bicyclic) bond motifs is 1. The summed E-state index contributed by atoms with van der Waals surface area (Å²) in [5.74, 6) is 1.78. The van der Waals surface area contributed by atoms with Crippen molar-refractivity contribution in [3.05, 3.63) is 58.4 Å². The third-order valence-electron chi connectivity index (χ3n) is 6.07. The highest BCUT2D eigenvalue weighted by Gasteiger charge is 2.27. The highest BCUT2D eigenvalue weighted by atomic mass is 16.5. The Morgan fingerprint density at radius 2 is 1.88 bits per heavy atom. The van der Waals surface area contributed by atoms with Gasteiger partial charge in [-0.25, -0.2) is 4.98 Å². The number of hydrogen-bond acceptors (Lipinski definition) is 6. The van der Waals surface area contributed by atoms with Crippen molar-refractivity contribution in [1.29, 1.82) is 0 Å². The number of nitrogens with one attached hydrogen (secondary N) is 1. The van der Waals surface area contributed by atoms with Crippen LogP contribution in [0.3, 0.4) is 0 Å². The van der Waals surface area contributed by atoms with Crippen LogP contribution in [0.15, 0.2) is 47.3 Å². The van der Waals surface area contributed by atoms with Crippen LogP contribution in [-0.4, -0.2) is 42.8 Å². The van der Waals surface area contributed by atoms with E-state index in [2.05, 4.69) is 10.3 Å². The first-order valence-corrected chi connectivity index (χ1v) is 10.7. The molecule has 0 unspecified atom stereocenters. The molecule has 1 N–H and O–H groups in total. The lowest BCUT2D eigenvalue weighted by atomic mass is 9.96. The summed E-state index contributed by atoms with van der Waals surface area (Å²) in [5, 5.41) is 3.02. The second kappa shape index (κ2) is 9.30. The molecule has 0 saturated carbocycles. The molecule has 0 aliphatic carbocycles. The van der Waals surface area contributed by atoms with Crippen LogP contribution < -0.4 is 25.2 Å². The molecular weight excluding hydrogens is 408 g/mol. The molecule has 0 atom stereocenters. The normalized spacial score (nSPS) is 14.4. The molecule has 2 aromatic carbocycles. The van der Waals surface area contributed by atoms with Gasteiger partial charge in [0.05, 0.1) is 25.3 Å². The molecule has 8 heteroatoms. The Hall–Kier alpha value is -3.55. The number of rotatable bonds is 6. The average Bonchev–Trinajstić information content (AvgIpc) is 2.84. The summed E-state index contributed by atoms with van der Waals surface area (Å²) >= 11 is 0. The largest absolute Gasteiger partial charge is 0.497 e. The number of nitrogens with zero attached hydrogens (tertiary/aromatic N) is 3. The van der Waals surface area contributed by atoms with Crippen molar-refractivity contribution in [2.75, 3.05) is 32.2 Å². The molecule has 1 saturated heterocycles. The Morgan fingerprint density at radius 1 is 1.12 bits per heavy atom. The number of ether oxygens (including phenoxy) is 2. The summed E-state index contributed by atoms with van der Waals surface area (Å²) in [6.45, 7) is 1.59. The van der Waals surface area contributed by atoms with Crippen LogP contribution >= 0.6 is 0 Å². The van der Waals surface area contributed by atoms with Crippen LogP contribution in [0.25, 0.3) is 11.0 Å². The Labute approximate surface area is 186 Å². The second-order valence-electron chi connectivity index (χ2n) is 7.95. The number of carbonyl (C=O) groups is 1. The Balaban J connectivity index is 1.40. The summed E-state index contributed by atoms with van der Waals surface area (Å²) < 4.78 is 12.3. The lowest BCUT2D eigenvalue weighted by Gasteiger charge is -2.32. The van der Waals surface area contributed by atoms with Crippen LogP contribution in [-0.2, 0) is 18.4 Å². The van der Waals surface area contributed by atoms with Crippen molar-refractivity contribution in [2.24, 2.45) is 13.0 Å². The first-order chi connectivity index (χ1) is 15.5. The number of methoxy groups -OCH3 is 2. The van der Waals surface area contributed by atoms with Gasteiger partial charge in [0.1, 0.15) is 11.5 Å². The number of benzene rings is 2. The first-order valence-electron chi connectivity index (χ1n) is 10.7. The van der Waals surface area contributed by atoms with Crippen LogP contribution in [0.2, 0.25) is 0 Å². The fourth-order valence-corrected chi connectivity index (χ4v) is 4.17. The Bertz CT molecular complexity index is 1180. The summed E-state index contributed by atoms with van der Waals surface area (Å²) in [7, 11) is 4.98. The molecule has 0 spiro atoms. The lowest BCUT2D eigenvalue weighted by molar-refractivity contribution is -0.125. The van der Waals surface area contributed by atoms with Crippen molar-refractivity contribution in [2.45, 2.75) is 19.4 Å². The van der Waals surface area contributed by atoms with Crippen LogP contribution in [0.1, 0.15) is 18.4 Å². The van der Waals surface area contributed by atoms with Gasteiger partial charge in [-0.05, 0) is 43.2 Å². The van der Waals surface area contributed by atoms with Gasteiger partial charge in [0.2, 0.25) is 5.91 Å². The van der Waals surface area contributed by atoms with Gasteiger partial charge in [-0.2, -0.15) is 0 Å². The molecule has 8 nitrogen and oxygen atoms in total. The average molecular weight is 437 g/mol. The SMILES string of the molecule is COc1ccc(OC)c(CNC(=O)C2CCN(c3nc4ccccc4n(C)c3=O)CC2)c1. The predicted molar refractivity (Wildman–Crippen MR) is 123 cm³/mol. The molecule has 2 heterocycles. The standard InChI is InChI=1S/C24H28N4O4/c1-27-20-7-5-4-6-19(20)26-22(24(27)30)28-12-10-16(11-13-28)23(29)25-15-17-14-18(31-2)8-9-21(17)32-3/h4-9,14,16H,10-13,15H2,1-3H3,(H,25,29). The molecule has 1 aliphatic heterocycles. The van der Waals surface area contributed by atoms with E-state index in [-0.39, 0.29) is 17.4 Å². The summed E-state index contributed by atoms with van der Waals surface area (Å²) in [6.07, 6.45) is 1.33. The van der Waals surface area contributed by atoms with E-state index in [9.17, 15) is 9.59 Å². The molecule has 0 bridgehead atoms. The van der Waals surface area contributed by atoms with Crippen molar-refractivity contribution < 1.29 is 14.3 Å². The number of anilines is 1. The monoisotopic (exact) mass is 436 g/mol. The molecule has 32 heavy (non-hydrogen) atoms. The number of amides is 1. The second-order valence-corrected chi connectivity index (χ2v) is 7.95. The topological polar surface area (TPSA) is 85.7 Å². The van der Waals surface area contributed by atoms with E-state index >= 15 is 0 Å². The highest BCUT2D eigenvalue weighted by molar-refractivity contribution is 5.79. The van der Waals surface area contributed by atoms with Crippen molar-refractivity contribution in [3.63, 3.8) is 0 Å². The molecule has 0 radical (unpaired) electrons. The summed E-state index contributed by atoms with van der Waals surface area (Å²) in [4.78, 5) is 32.2. The van der Waals surface area contributed by atoms with Gasteiger partial charge in [-0.15, -0.1) is 0 Å². The van der Waals surface area contributed by atoms with Crippen molar-refractivity contribution in [1.82, 2.24) is 14.9 Å². The number of hydrogen-bond donors (Lipinski definition) is 1. The van der Waals surface area contributed by atoms with Gasteiger partial charge in [0, 0.05) is 38.2 Å². The quantitative estimate of drug-likeness (QED) is 0.639. The minimum absolute atomic E-state index is 0.00824. The van der Waals surface area contributed by atoms with E-state index in [0.29, 0.717) is 49.8 Å². The zero-order chi connectivity index (χ0) is 22.7. The van der Waals surface area contributed by atoms with Crippen LogP contribution in [0.4, 0.5) is 5.82 Å². The van der Waals surface area contributed by atoms with Gasteiger partial charge < -0.3 is 24.3 Å². The number of aromatic nitrogens is 2. The highest BCUT2D eigenvalue weighted by Crippen LogP contribution is 2.25. The smallest absolute Gasteiger partial charge is 0.293 e. The van der Waals surface area contributed by atoms with E-state index < -0.39 is 0 Å². The molecule has 1 aliphatic rings. The Morgan fingerprint density at radius 3 is 2.59 bits per heavy atom. The van der Waals surface area contributed by atoms with E-state index in [4.69, 9.17) is 9.47 Å². The minimum Gasteiger partial charge on any atom is -0.497 e. The predicted octanol–water partition coefficient (Wildman–Crippen LogP) is 2.48. The van der Waals surface area contributed by atoms with Gasteiger partial charge in [0.25, 0.3) is 5.56 Å². The summed E-state index contributed by atoms with van der Waals surface area (Å²) in [5.41, 5.74) is 2.35. The van der Waals surface area contributed by atoms with Gasteiger partial charge in [-0.1, -0.05) is 12.1 Å². The third-order valence-corrected chi connectivity index (χ3v) is 6.07. The molecule has 4 rings (SSSR count). The molecule has 1 aromatic heterocycles. The molecule has 3 aromatic rings. The maximum absolute atomic E-state index is 12.8. The van der Waals surface area contributed by atoms with E-state index in [0.717, 1.165) is 16.6 Å². The Kier molecular flexibility index (Phi) is 6.30. The number of carbonyl (C=O) groups excluding carboxylic acids is 1.